The molecule has 1 N–H and O–H groups in total. The van der Waals surface area contributed by atoms with Crippen LogP contribution in [0.4, 0.5) is 0 Å². The van der Waals surface area contributed by atoms with Gasteiger partial charge in [-0.05, 0) is 13.8 Å². The summed E-state index contributed by atoms with van der Waals surface area (Å²) in [6.45, 7) is 3.35. The fourth-order valence-electron chi connectivity index (χ4n) is 0.934. The molecule has 0 bridgehead atoms. The van der Waals surface area contributed by atoms with Gasteiger partial charge in [0.15, 0.2) is 0 Å². The Morgan fingerprint density at radius 3 is 2.50 bits per heavy atom. The highest BCUT2D eigenvalue weighted by Gasteiger charge is 2.08. The topological polar surface area (TPSA) is 71.8 Å². The molecule has 68 valence electrons. The van der Waals surface area contributed by atoms with E-state index in [1.54, 1.807) is 13.8 Å². The zero-order valence-corrected chi connectivity index (χ0v) is 6.42. The minimum atomic E-state index is -0.386. The van der Waals surface area contributed by atoms with Crippen LogP contribution >= 0.6 is 0 Å². The highest BCUT2D eigenvalue weighted by Crippen LogP contribution is 2.04. The zero-order chi connectivity index (χ0) is 8.43. The lowest BCUT2D eigenvalue weighted by Crippen LogP contribution is -1.99. The molecular formula is C7H13N3O2. The van der Waals surface area contributed by atoms with Crippen LogP contribution in [-0.4, -0.2) is 14.9 Å². The molecule has 0 fully saturated rings. The summed E-state index contributed by atoms with van der Waals surface area (Å²) in [5.41, 5.74) is 1.30. The van der Waals surface area contributed by atoms with Crippen molar-refractivity contribution in [1.29, 1.82) is 0 Å². The first-order valence-corrected chi connectivity index (χ1v) is 3.23. The van der Waals surface area contributed by atoms with Gasteiger partial charge in [0.1, 0.15) is 11.5 Å². The fraction of sp³-hybridized carbons (Fsp3) is 0.571. The molecule has 0 saturated heterocycles. The van der Waals surface area contributed by atoms with Gasteiger partial charge in [-0.15, -0.1) is 0 Å². The molecule has 0 aliphatic heterocycles. The molecule has 0 aromatic carbocycles. The number of aryl methyl sites for hydroxylation is 2. The summed E-state index contributed by atoms with van der Waals surface area (Å²) in [7, 11) is 0. The van der Waals surface area contributed by atoms with Crippen molar-refractivity contribution in [2.45, 2.75) is 27.8 Å². The van der Waals surface area contributed by atoms with Crippen LogP contribution < -0.4 is 0 Å². The second kappa shape index (κ2) is 3.85. The number of rotatable bonds is 2. The van der Waals surface area contributed by atoms with Gasteiger partial charge in [-0.2, -0.15) is 0 Å². The molecule has 0 saturated carbocycles. The SMILES string of the molecule is C.Cc1nc(C[N+](=O)[O-])c(C)[nH]1. The third-order valence-corrected chi connectivity index (χ3v) is 1.38. The second-order valence-electron chi connectivity index (χ2n) is 2.38. The molecule has 0 amide bonds. The fourth-order valence-corrected chi connectivity index (χ4v) is 0.934. The summed E-state index contributed by atoms with van der Waals surface area (Å²) in [5, 5.41) is 10.1. The van der Waals surface area contributed by atoms with E-state index >= 15 is 0 Å². The number of hydrogen-bond donors (Lipinski definition) is 1. The van der Waals surface area contributed by atoms with Gasteiger partial charge in [0.2, 0.25) is 6.54 Å². The van der Waals surface area contributed by atoms with E-state index in [0.29, 0.717) is 5.69 Å². The maximum Gasteiger partial charge on any atom is 0.247 e. The van der Waals surface area contributed by atoms with Crippen molar-refractivity contribution in [2.75, 3.05) is 0 Å². The Hall–Kier alpha value is -1.39. The summed E-state index contributed by atoms with van der Waals surface area (Å²) in [6.07, 6.45) is 0. The molecule has 12 heavy (non-hydrogen) atoms. The molecule has 1 heterocycles. The smallest absolute Gasteiger partial charge is 0.247 e. The standard InChI is InChI=1S/C6H9N3O2.CH4/c1-4-6(3-9(10)11)8-5(2)7-4;/h3H2,1-2H3,(H,7,8);1H4. The van der Waals surface area contributed by atoms with Crippen LogP contribution in [0.1, 0.15) is 24.6 Å². The quantitative estimate of drug-likeness (QED) is 0.540. The van der Waals surface area contributed by atoms with Crippen molar-refractivity contribution in [2.24, 2.45) is 0 Å². The predicted octanol–water partition coefficient (Wildman–Crippen LogP) is 1.44. The molecule has 5 heteroatoms. The van der Waals surface area contributed by atoms with Gasteiger partial charge in [0, 0.05) is 10.6 Å². The van der Waals surface area contributed by atoms with Crippen LogP contribution in [0.25, 0.3) is 0 Å². The average molecular weight is 171 g/mol. The lowest BCUT2D eigenvalue weighted by Gasteiger charge is -1.88. The van der Waals surface area contributed by atoms with Crippen molar-refractivity contribution < 1.29 is 4.92 Å². The van der Waals surface area contributed by atoms with E-state index in [-0.39, 0.29) is 18.9 Å². The van der Waals surface area contributed by atoms with Gasteiger partial charge in [-0.3, -0.25) is 10.1 Å². The number of hydrogen-bond acceptors (Lipinski definition) is 3. The average Bonchev–Trinajstić information content (AvgIpc) is 2.09. The number of aromatic nitrogens is 2. The Labute approximate surface area is 71.0 Å². The Morgan fingerprint density at radius 1 is 1.58 bits per heavy atom. The molecule has 1 aromatic rings. The largest absolute Gasteiger partial charge is 0.346 e. The first-order chi connectivity index (χ1) is 5.09. The summed E-state index contributed by atoms with van der Waals surface area (Å²) in [6, 6.07) is 0. The maximum atomic E-state index is 10.1. The monoisotopic (exact) mass is 171 g/mol. The minimum absolute atomic E-state index is 0. The van der Waals surface area contributed by atoms with Gasteiger partial charge in [-0.25, -0.2) is 4.98 Å². The third-order valence-electron chi connectivity index (χ3n) is 1.38. The number of nitro groups is 1. The van der Waals surface area contributed by atoms with E-state index in [2.05, 4.69) is 9.97 Å². The molecule has 0 atom stereocenters. The van der Waals surface area contributed by atoms with E-state index in [4.69, 9.17) is 0 Å². The second-order valence-corrected chi connectivity index (χ2v) is 2.38. The van der Waals surface area contributed by atoms with Crippen LogP contribution in [0, 0.1) is 24.0 Å². The van der Waals surface area contributed by atoms with E-state index < -0.39 is 0 Å². The molecule has 0 aliphatic carbocycles. The van der Waals surface area contributed by atoms with E-state index in [9.17, 15) is 10.1 Å². The summed E-state index contributed by atoms with van der Waals surface area (Å²) in [4.78, 5) is 16.5. The van der Waals surface area contributed by atoms with Crippen molar-refractivity contribution in [1.82, 2.24) is 9.97 Å². The molecule has 5 nitrogen and oxygen atoms in total. The molecule has 0 spiro atoms. The number of H-pyrrole nitrogens is 1. The predicted molar refractivity (Wildman–Crippen MR) is 45.5 cm³/mol. The van der Waals surface area contributed by atoms with Gasteiger partial charge in [0.25, 0.3) is 0 Å². The number of aromatic amines is 1. The van der Waals surface area contributed by atoms with Gasteiger partial charge >= 0.3 is 0 Å². The Balaban J connectivity index is 0.00000121. The number of nitrogens with one attached hydrogen (secondary N) is 1. The van der Waals surface area contributed by atoms with E-state index in [1.165, 1.54) is 0 Å². The van der Waals surface area contributed by atoms with Crippen molar-refractivity contribution in [3.63, 3.8) is 0 Å². The van der Waals surface area contributed by atoms with Crippen LogP contribution in [0.5, 0.6) is 0 Å². The van der Waals surface area contributed by atoms with Gasteiger partial charge in [-0.1, -0.05) is 7.43 Å². The first kappa shape index (κ1) is 10.6. The molecular weight excluding hydrogens is 158 g/mol. The molecule has 0 radical (unpaired) electrons. The molecule has 1 rings (SSSR count). The normalized spacial score (nSPS) is 9.17. The summed E-state index contributed by atoms with van der Waals surface area (Å²) in [5.74, 6) is 0.722. The Morgan fingerprint density at radius 2 is 2.17 bits per heavy atom. The van der Waals surface area contributed by atoms with Crippen molar-refractivity contribution in [3.05, 3.63) is 27.3 Å². The first-order valence-electron chi connectivity index (χ1n) is 3.23. The van der Waals surface area contributed by atoms with Crippen molar-refractivity contribution in [3.8, 4) is 0 Å². The van der Waals surface area contributed by atoms with Crippen LogP contribution in [0.15, 0.2) is 0 Å². The van der Waals surface area contributed by atoms with Gasteiger partial charge in [0.05, 0.1) is 0 Å². The maximum absolute atomic E-state index is 10.1. The molecule has 1 aromatic heterocycles. The zero-order valence-electron chi connectivity index (χ0n) is 6.42. The van der Waals surface area contributed by atoms with Gasteiger partial charge < -0.3 is 4.98 Å². The number of nitrogens with zero attached hydrogens (tertiary/aromatic N) is 2. The van der Waals surface area contributed by atoms with Crippen molar-refractivity contribution >= 4 is 0 Å². The molecule has 0 aliphatic rings. The van der Waals surface area contributed by atoms with E-state index in [1.807, 2.05) is 0 Å². The highest BCUT2D eigenvalue weighted by molar-refractivity contribution is 5.10. The Kier molecular flexibility index (Phi) is 3.40. The van der Waals surface area contributed by atoms with Crippen LogP contribution in [-0.2, 0) is 6.54 Å². The highest BCUT2D eigenvalue weighted by atomic mass is 16.6. The summed E-state index contributed by atoms with van der Waals surface area (Å²) >= 11 is 0. The third kappa shape index (κ3) is 2.34. The summed E-state index contributed by atoms with van der Waals surface area (Å²) < 4.78 is 0. The Bertz CT molecular complexity index is 280. The lowest BCUT2D eigenvalue weighted by atomic mass is 10.3. The number of imidazole rings is 1. The van der Waals surface area contributed by atoms with E-state index in [0.717, 1.165) is 11.5 Å². The lowest BCUT2D eigenvalue weighted by molar-refractivity contribution is -0.497. The molecule has 0 unspecified atom stereocenters. The van der Waals surface area contributed by atoms with Crippen LogP contribution in [0.3, 0.4) is 0 Å². The minimum Gasteiger partial charge on any atom is -0.346 e. The van der Waals surface area contributed by atoms with Crippen LogP contribution in [0.2, 0.25) is 0 Å².